The summed E-state index contributed by atoms with van der Waals surface area (Å²) in [7, 11) is 0. The number of rotatable bonds is 2. The van der Waals surface area contributed by atoms with Crippen LogP contribution in [0, 0.1) is 0 Å². The lowest BCUT2D eigenvalue weighted by molar-refractivity contribution is -0.0164. The molecule has 1 aromatic rings. The fourth-order valence-corrected chi connectivity index (χ4v) is 4.30. The van der Waals surface area contributed by atoms with Gasteiger partial charge >= 0.3 is 0 Å². The highest BCUT2D eigenvalue weighted by molar-refractivity contribution is 5.94. The molecule has 1 atom stereocenters. The van der Waals surface area contributed by atoms with E-state index >= 15 is 0 Å². The third kappa shape index (κ3) is 3.82. The van der Waals surface area contributed by atoms with Crippen molar-refractivity contribution >= 4 is 5.91 Å². The van der Waals surface area contributed by atoms with E-state index in [0.29, 0.717) is 19.4 Å². The van der Waals surface area contributed by atoms with E-state index < -0.39 is 0 Å². The Kier molecular flexibility index (Phi) is 5.22. The summed E-state index contributed by atoms with van der Waals surface area (Å²) in [4.78, 5) is 17.7. The molecule has 3 aliphatic rings. The number of hydrogen-bond donors (Lipinski definition) is 0. The first-order valence-corrected chi connectivity index (χ1v) is 9.68. The molecule has 3 aliphatic heterocycles. The van der Waals surface area contributed by atoms with Crippen molar-refractivity contribution in [3.63, 3.8) is 0 Å². The number of carbonyl (C=O) groups excluding carboxylic acids is 1. The molecule has 3 heterocycles. The lowest BCUT2D eigenvalue weighted by atomic mass is 10.0. The molecule has 4 rings (SSSR count). The van der Waals surface area contributed by atoms with Gasteiger partial charge in [-0.2, -0.15) is 0 Å². The van der Waals surface area contributed by atoms with Gasteiger partial charge in [0.05, 0.1) is 6.61 Å². The lowest BCUT2D eigenvalue weighted by Gasteiger charge is -2.39. The van der Waals surface area contributed by atoms with Crippen LogP contribution < -0.4 is 4.74 Å². The molecule has 136 valence electrons. The monoisotopic (exact) mass is 344 g/mol. The van der Waals surface area contributed by atoms with E-state index in [-0.39, 0.29) is 5.91 Å². The molecular weight excluding hydrogens is 316 g/mol. The lowest BCUT2D eigenvalue weighted by Crippen LogP contribution is -2.50. The van der Waals surface area contributed by atoms with Crippen LogP contribution in [-0.4, -0.2) is 54.7 Å². The Morgan fingerprint density at radius 1 is 1.04 bits per heavy atom. The van der Waals surface area contributed by atoms with Crippen molar-refractivity contribution in [2.45, 2.75) is 51.2 Å². The quantitative estimate of drug-likeness (QED) is 0.827. The standard InChI is InChI=1S/C20H28N2O3/c23-20(16-7-8-19-17(12-16)14-24-15-25-19)22-11-5-6-18(13-22)21-9-3-1-2-4-10-21/h7-8,12,18H,1-6,9-11,13-15H2. The minimum Gasteiger partial charge on any atom is -0.467 e. The zero-order valence-corrected chi connectivity index (χ0v) is 14.9. The van der Waals surface area contributed by atoms with Gasteiger partial charge in [-0.15, -0.1) is 0 Å². The van der Waals surface area contributed by atoms with Crippen molar-refractivity contribution in [2.24, 2.45) is 0 Å². The Balaban J connectivity index is 1.44. The SMILES string of the molecule is O=C(c1ccc2c(c1)COCO2)N1CCCC(N2CCCCCC2)C1. The van der Waals surface area contributed by atoms with Gasteiger partial charge in [-0.05, 0) is 57.0 Å². The Hall–Kier alpha value is -1.59. The van der Waals surface area contributed by atoms with E-state index in [9.17, 15) is 4.79 Å². The zero-order valence-electron chi connectivity index (χ0n) is 14.9. The highest BCUT2D eigenvalue weighted by Gasteiger charge is 2.29. The molecule has 5 nitrogen and oxygen atoms in total. The first-order valence-electron chi connectivity index (χ1n) is 9.68. The van der Waals surface area contributed by atoms with Crippen LogP contribution in [-0.2, 0) is 11.3 Å². The van der Waals surface area contributed by atoms with E-state index in [2.05, 4.69) is 4.90 Å². The Labute approximate surface area is 149 Å². The van der Waals surface area contributed by atoms with Crippen LogP contribution in [0.4, 0.5) is 0 Å². The number of hydrogen-bond acceptors (Lipinski definition) is 4. The van der Waals surface area contributed by atoms with Crippen molar-refractivity contribution < 1.29 is 14.3 Å². The molecule has 0 spiro atoms. The predicted molar refractivity (Wildman–Crippen MR) is 95.7 cm³/mol. The fraction of sp³-hybridized carbons (Fsp3) is 0.650. The number of piperidine rings is 1. The molecular formula is C20H28N2O3. The Bertz CT molecular complexity index is 611. The maximum absolute atomic E-state index is 13.0. The molecule has 5 heteroatoms. The molecule has 1 unspecified atom stereocenters. The van der Waals surface area contributed by atoms with E-state index in [1.54, 1.807) is 0 Å². The second kappa shape index (κ2) is 7.75. The van der Waals surface area contributed by atoms with Crippen LogP contribution in [0.3, 0.4) is 0 Å². The van der Waals surface area contributed by atoms with E-state index in [0.717, 1.165) is 36.4 Å². The van der Waals surface area contributed by atoms with Crippen LogP contribution in [0.25, 0.3) is 0 Å². The molecule has 0 aromatic heterocycles. The van der Waals surface area contributed by atoms with Crippen molar-refractivity contribution in [3.8, 4) is 5.75 Å². The second-order valence-electron chi connectivity index (χ2n) is 7.43. The molecule has 1 aromatic carbocycles. The maximum Gasteiger partial charge on any atom is 0.253 e. The first-order chi connectivity index (χ1) is 12.3. The normalized spacial score (nSPS) is 25.0. The highest BCUT2D eigenvalue weighted by atomic mass is 16.7. The number of carbonyl (C=O) groups is 1. The van der Waals surface area contributed by atoms with Crippen molar-refractivity contribution in [2.75, 3.05) is 33.0 Å². The molecule has 2 fully saturated rings. The number of amides is 1. The summed E-state index contributed by atoms with van der Waals surface area (Å²) in [5, 5.41) is 0. The van der Waals surface area contributed by atoms with Gasteiger partial charge in [0.1, 0.15) is 5.75 Å². The maximum atomic E-state index is 13.0. The number of nitrogens with zero attached hydrogens (tertiary/aromatic N) is 2. The molecule has 2 saturated heterocycles. The Morgan fingerprint density at radius 3 is 2.72 bits per heavy atom. The van der Waals surface area contributed by atoms with Crippen LogP contribution in [0.1, 0.15) is 54.4 Å². The largest absolute Gasteiger partial charge is 0.467 e. The summed E-state index contributed by atoms with van der Waals surface area (Å²) in [5.74, 6) is 0.983. The smallest absolute Gasteiger partial charge is 0.253 e. The van der Waals surface area contributed by atoms with Gasteiger partial charge in [0, 0.05) is 30.3 Å². The zero-order chi connectivity index (χ0) is 17.1. The molecule has 0 N–H and O–H groups in total. The van der Waals surface area contributed by atoms with Crippen molar-refractivity contribution in [1.29, 1.82) is 0 Å². The number of benzene rings is 1. The van der Waals surface area contributed by atoms with Crippen LogP contribution in [0.15, 0.2) is 18.2 Å². The highest BCUT2D eigenvalue weighted by Crippen LogP contribution is 2.26. The summed E-state index contributed by atoms with van der Waals surface area (Å²) in [6.07, 6.45) is 7.63. The van der Waals surface area contributed by atoms with Gasteiger partial charge in [-0.25, -0.2) is 0 Å². The molecule has 1 amide bonds. The summed E-state index contributed by atoms with van der Waals surface area (Å²) in [5.41, 5.74) is 1.72. The van der Waals surface area contributed by atoms with Gasteiger partial charge in [0.2, 0.25) is 0 Å². The Morgan fingerprint density at radius 2 is 1.88 bits per heavy atom. The average Bonchev–Trinajstić information content (AvgIpc) is 2.97. The van der Waals surface area contributed by atoms with Gasteiger partial charge in [0.25, 0.3) is 5.91 Å². The summed E-state index contributed by atoms with van der Waals surface area (Å²) in [6.45, 7) is 4.94. The molecule has 25 heavy (non-hydrogen) atoms. The third-order valence-electron chi connectivity index (χ3n) is 5.70. The third-order valence-corrected chi connectivity index (χ3v) is 5.70. The molecule has 0 aliphatic carbocycles. The van der Waals surface area contributed by atoms with E-state index in [1.165, 1.54) is 45.2 Å². The fourth-order valence-electron chi connectivity index (χ4n) is 4.30. The summed E-state index contributed by atoms with van der Waals surface area (Å²) in [6, 6.07) is 6.26. The number of fused-ring (bicyclic) bond motifs is 1. The summed E-state index contributed by atoms with van der Waals surface area (Å²) < 4.78 is 10.8. The van der Waals surface area contributed by atoms with E-state index in [1.807, 2.05) is 23.1 Å². The second-order valence-corrected chi connectivity index (χ2v) is 7.43. The van der Waals surface area contributed by atoms with Crippen molar-refractivity contribution in [1.82, 2.24) is 9.80 Å². The first kappa shape index (κ1) is 16.9. The molecule has 0 saturated carbocycles. The summed E-state index contributed by atoms with van der Waals surface area (Å²) >= 11 is 0. The van der Waals surface area contributed by atoms with Gasteiger partial charge in [-0.3, -0.25) is 9.69 Å². The minimum absolute atomic E-state index is 0.146. The van der Waals surface area contributed by atoms with Gasteiger partial charge in [-0.1, -0.05) is 12.8 Å². The van der Waals surface area contributed by atoms with E-state index in [4.69, 9.17) is 9.47 Å². The number of likely N-dealkylation sites (tertiary alicyclic amines) is 2. The average molecular weight is 344 g/mol. The topological polar surface area (TPSA) is 42.0 Å². The number of ether oxygens (including phenoxy) is 2. The van der Waals surface area contributed by atoms with Crippen LogP contribution in [0.5, 0.6) is 5.75 Å². The molecule has 0 radical (unpaired) electrons. The van der Waals surface area contributed by atoms with Crippen molar-refractivity contribution in [3.05, 3.63) is 29.3 Å². The van der Waals surface area contributed by atoms with Gasteiger partial charge < -0.3 is 14.4 Å². The van der Waals surface area contributed by atoms with Crippen LogP contribution in [0.2, 0.25) is 0 Å². The van der Waals surface area contributed by atoms with Gasteiger partial charge in [0.15, 0.2) is 6.79 Å². The predicted octanol–water partition coefficient (Wildman–Crippen LogP) is 3.03. The molecule has 0 bridgehead atoms. The minimum atomic E-state index is 0.146. The van der Waals surface area contributed by atoms with Crippen LogP contribution >= 0.6 is 0 Å².